The minimum atomic E-state index is 0.118. The van der Waals surface area contributed by atoms with E-state index in [4.69, 9.17) is 9.47 Å². The van der Waals surface area contributed by atoms with Gasteiger partial charge in [-0.05, 0) is 18.9 Å². The Kier molecular flexibility index (Phi) is 12.3. The molecule has 0 spiro atoms. The molecule has 0 heterocycles. The minimum Gasteiger partial charge on any atom is -0.382 e. The third kappa shape index (κ3) is 13.4. The fourth-order valence-corrected chi connectivity index (χ4v) is 1.28. The van der Waals surface area contributed by atoms with E-state index in [1.54, 1.807) is 7.11 Å². The minimum absolute atomic E-state index is 0.118. The number of ether oxygens (including phenoxy) is 2. The highest BCUT2D eigenvalue weighted by Gasteiger charge is 2.01. The molecule has 0 aliphatic heterocycles. The lowest BCUT2D eigenvalue weighted by molar-refractivity contribution is -0.121. The van der Waals surface area contributed by atoms with Crippen molar-refractivity contribution in [2.24, 2.45) is 5.92 Å². The van der Waals surface area contributed by atoms with E-state index in [0.29, 0.717) is 25.6 Å². The molecule has 0 radical (unpaired) electrons. The average molecular weight is 260 g/mol. The number of carbonyl (C=O) groups excluding carboxylic acids is 1. The molecule has 0 aromatic carbocycles. The first-order valence-corrected chi connectivity index (χ1v) is 6.71. The van der Waals surface area contributed by atoms with Crippen LogP contribution < -0.4 is 10.6 Å². The van der Waals surface area contributed by atoms with E-state index in [9.17, 15) is 4.79 Å². The van der Waals surface area contributed by atoms with E-state index in [0.717, 1.165) is 32.7 Å². The second-order valence-electron chi connectivity index (χ2n) is 4.66. The summed E-state index contributed by atoms with van der Waals surface area (Å²) in [4.78, 5) is 11.4. The lowest BCUT2D eigenvalue weighted by atomic mass is 10.2. The molecule has 0 fully saturated rings. The molecule has 0 aliphatic rings. The van der Waals surface area contributed by atoms with Crippen molar-refractivity contribution < 1.29 is 14.3 Å². The molecule has 0 atom stereocenters. The van der Waals surface area contributed by atoms with Gasteiger partial charge in [0.25, 0.3) is 0 Å². The Labute approximate surface area is 111 Å². The van der Waals surface area contributed by atoms with Crippen molar-refractivity contribution in [3.8, 4) is 0 Å². The van der Waals surface area contributed by atoms with E-state index in [1.165, 1.54) is 0 Å². The maximum atomic E-state index is 11.4. The number of hydrogen-bond donors (Lipinski definition) is 2. The van der Waals surface area contributed by atoms with E-state index in [2.05, 4.69) is 24.5 Å². The Morgan fingerprint density at radius 3 is 2.61 bits per heavy atom. The van der Waals surface area contributed by atoms with Crippen molar-refractivity contribution in [2.45, 2.75) is 26.7 Å². The summed E-state index contributed by atoms with van der Waals surface area (Å²) < 4.78 is 10.2. The van der Waals surface area contributed by atoms with Gasteiger partial charge in [0.1, 0.15) is 0 Å². The summed E-state index contributed by atoms with van der Waals surface area (Å²) in [5, 5.41) is 6.11. The molecule has 0 saturated heterocycles. The molecule has 0 rings (SSSR count). The van der Waals surface area contributed by atoms with Crippen LogP contribution in [0.4, 0.5) is 0 Å². The van der Waals surface area contributed by atoms with Gasteiger partial charge in [0.2, 0.25) is 5.91 Å². The second kappa shape index (κ2) is 12.8. The monoisotopic (exact) mass is 260 g/mol. The summed E-state index contributed by atoms with van der Waals surface area (Å²) >= 11 is 0. The van der Waals surface area contributed by atoms with Crippen molar-refractivity contribution in [3.05, 3.63) is 0 Å². The van der Waals surface area contributed by atoms with Crippen LogP contribution in [0.15, 0.2) is 0 Å². The number of methoxy groups -OCH3 is 1. The van der Waals surface area contributed by atoms with Crippen LogP contribution in [0.25, 0.3) is 0 Å². The fraction of sp³-hybridized carbons (Fsp3) is 0.923. The topological polar surface area (TPSA) is 59.6 Å². The molecule has 0 aliphatic carbocycles. The third-order valence-corrected chi connectivity index (χ3v) is 2.31. The fourth-order valence-electron chi connectivity index (χ4n) is 1.28. The van der Waals surface area contributed by atoms with Crippen molar-refractivity contribution in [1.82, 2.24) is 10.6 Å². The lowest BCUT2D eigenvalue weighted by Crippen LogP contribution is -2.30. The summed E-state index contributed by atoms with van der Waals surface area (Å²) in [6, 6.07) is 0. The van der Waals surface area contributed by atoms with Gasteiger partial charge in [0.15, 0.2) is 0 Å². The van der Waals surface area contributed by atoms with Gasteiger partial charge in [-0.3, -0.25) is 4.79 Å². The van der Waals surface area contributed by atoms with Gasteiger partial charge in [0.05, 0.1) is 13.2 Å². The third-order valence-electron chi connectivity index (χ3n) is 2.31. The molecule has 108 valence electrons. The number of hydrogen-bond acceptors (Lipinski definition) is 4. The molecule has 2 N–H and O–H groups in total. The van der Waals surface area contributed by atoms with Crippen LogP contribution in [-0.4, -0.2) is 52.5 Å². The van der Waals surface area contributed by atoms with Crippen LogP contribution in [-0.2, 0) is 14.3 Å². The zero-order valence-electron chi connectivity index (χ0n) is 12.0. The maximum absolute atomic E-state index is 11.4. The van der Waals surface area contributed by atoms with Crippen LogP contribution in [0.1, 0.15) is 26.7 Å². The molecule has 5 heteroatoms. The van der Waals surface area contributed by atoms with Crippen LogP contribution in [0.5, 0.6) is 0 Å². The molecular weight excluding hydrogens is 232 g/mol. The summed E-state index contributed by atoms with van der Waals surface area (Å²) in [6.45, 7) is 8.55. The first-order chi connectivity index (χ1) is 8.66. The Bertz CT molecular complexity index is 199. The molecule has 0 unspecified atom stereocenters. The molecule has 1 amide bonds. The van der Waals surface area contributed by atoms with Crippen LogP contribution in [0.2, 0.25) is 0 Å². The van der Waals surface area contributed by atoms with Crippen molar-refractivity contribution in [3.63, 3.8) is 0 Å². The van der Waals surface area contributed by atoms with Crippen molar-refractivity contribution in [2.75, 3.05) is 46.6 Å². The highest BCUT2D eigenvalue weighted by molar-refractivity contribution is 5.76. The van der Waals surface area contributed by atoms with Gasteiger partial charge in [-0.15, -0.1) is 0 Å². The normalized spacial score (nSPS) is 10.9. The molecule has 0 aromatic heterocycles. The van der Waals surface area contributed by atoms with E-state index >= 15 is 0 Å². The van der Waals surface area contributed by atoms with Gasteiger partial charge in [0, 0.05) is 33.2 Å². The van der Waals surface area contributed by atoms with Gasteiger partial charge in [-0.2, -0.15) is 0 Å². The van der Waals surface area contributed by atoms with Crippen molar-refractivity contribution in [1.29, 1.82) is 0 Å². The largest absolute Gasteiger partial charge is 0.382 e. The molecular formula is C13H28N2O3. The maximum Gasteiger partial charge on any atom is 0.221 e. The molecule has 5 nitrogen and oxygen atoms in total. The highest BCUT2D eigenvalue weighted by atomic mass is 16.5. The molecule has 0 aromatic rings. The number of amides is 1. The zero-order chi connectivity index (χ0) is 13.6. The van der Waals surface area contributed by atoms with Gasteiger partial charge < -0.3 is 20.1 Å². The number of carbonyl (C=O) groups is 1. The quantitative estimate of drug-likeness (QED) is 0.509. The van der Waals surface area contributed by atoms with E-state index < -0.39 is 0 Å². The SMILES string of the molecule is COCCOCCCNCCC(=O)NCC(C)C. The predicted octanol–water partition coefficient (Wildman–Crippen LogP) is 0.791. The summed E-state index contributed by atoms with van der Waals surface area (Å²) in [5.41, 5.74) is 0. The first kappa shape index (κ1) is 17.4. The first-order valence-electron chi connectivity index (χ1n) is 6.71. The summed E-state index contributed by atoms with van der Waals surface area (Å²) in [5.74, 6) is 0.624. The highest BCUT2D eigenvalue weighted by Crippen LogP contribution is 1.88. The van der Waals surface area contributed by atoms with Crippen LogP contribution >= 0.6 is 0 Å². The standard InChI is InChI=1S/C13H28N2O3/c1-12(2)11-15-13(16)5-7-14-6-4-8-18-10-9-17-3/h12,14H,4-11H2,1-3H3,(H,15,16). The second-order valence-corrected chi connectivity index (χ2v) is 4.66. The molecule has 0 saturated carbocycles. The smallest absolute Gasteiger partial charge is 0.221 e. The van der Waals surface area contributed by atoms with Gasteiger partial charge >= 0.3 is 0 Å². The van der Waals surface area contributed by atoms with E-state index in [1.807, 2.05) is 0 Å². The van der Waals surface area contributed by atoms with Gasteiger partial charge in [-0.25, -0.2) is 0 Å². The Balaban J connectivity index is 3.12. The zero-order valence-corrected chi connectivity index (χ0v) is 12.0. The van der Waals surface area contributed by atoms with Crippen LogP contribution in [0.3, 0.4) is 0 Å². The van der Waals surface area contributed by atoms with E-state index in [-0.39, 0.29) is 5.91 Å². The van der Waals surface area contributed by atoms with Crippen LogP contribution in [0, 0.1) is 5.92 Å². The Morgan fingerprint density at radius 2 is 1.94 bits per heavy atom. The number of nitrogens with one attached hydrogen (secondary N) is 2. The van der Waals surface area contributed by atoms with Gasteiger partial charge in [-0.1, -0.05) is 13.8 Å². The Hall–Kier alpha value is -0.650. The lowest BCUT2D eigenvalue weighted by Gasteiger charge is -2.08. The molecule has 0 bridgehead atoms. The average Bonchev–Trinajstić information content (AvgIpc) is 2.34. The summed E-state index contributed by atoms with van der Waals surface area (Å²) in [6.07, 6.45) is 1.49. The van der Waals surface area contributed by atoms with Crippen molar-refractivity contribution >= 4 is 5.91 Å². The predicted molar refractivity (Wildman–Crippen MR) is 72.6 cm³/mol. The molecule has 18 heavy (non-hydrogen) atoms. The Morgan fingerprint density at radius 1 is 1.17 bits per heavy atom. The summed E-state index contributed by atoms with van der Waals surface area (Å²) in [7, 11) is 1.66. The number of rotatable bonds is 12.